The second-order valence-electron chi connectivity index (χ2n) is 7.39. The molecule has 27 heavy (non-hydrogen) atoms. The molecular weight excluding hydrogens is 342 g/mol. The monoisotopic (exact) mass is 369 g/mol. The van der Waals surface area contributed by atoms with E-state index in [0.29, 0.717) is 17.8 Å². The molecule has 1 aliphatic heterocycles. The van der Waals surface area contributed by atoms with Gasteiger partial charge in [0.05, 0.1) is 23.2 Å². The number of carbonyl (C=O) groups is 3. The van der Waals surface area contributed by atoms with Crippen LogP contribution in [0.2, 0.25) is 0 Å². The molecule has 1 aliphatic carbocycles. The third kappa shape index (κ3) is 4.10. The third-order valence-corrected chi connectivity index (χ3v) is 5.49. The molecule has 2 unspecified atom stereocenters. The fourth-order valence-electron chi connectivity index (χ4n) is 3.87. The molecule has 6 nitrogen and oxygen atoms in total. The van der Waals surface area contributed by atoms with Crippen molar-refractivity contribution in [3.05, 3.63) is 29.8 Å². The smallest absolute Gasteiger partial charge is 0.240 e. The standard InChI is InChI=1S/C21H27N3O3/c1-3-4-9-19(25)23-22-14(2)15-10-12-16(13-11-15)24-20(26)17-7-5-6-8-18(17)21(24)27/h10-13,17-18H,3-9H2,1-2H3,(H,23,25)/b22-14+. The average Bonchev–Trinajstić information content (AvgIpc) is 2.95. The molecule has 1 saturated carbocycles. The first-order valence-electron chi connectivity index (χ1n) is 9.84. The van der Waals surface area contributed by atoms with Crippen molar-refractivity contribution in [1.29, 1.82) is 0 Å². The Kier molecular flexibility index (Phi) is 6.04. The minimum Gasteiger partial charge on any atom is -0.274 e. The van der Waals surface area contributed by atoms with Crippen molar-refractivity contribution in [1.82, 2.24) is 5.43 Å². The Hall–Kier alpha value is -2.50. The van der Waals surface area contributed by atoms with Crippen molar-refractivity contribution in [3.63, 3.8) is 0 Å². The summed E-state index contributed by atoms with van der Waals surface area (Å²) in [5, 5.41) is 4.13. The molecular formula is C21H27N3O3. The van der Waals surface area contributed by atoms with Crippen LogP contribution in [0.5, 0.6) is 0 Å². The van der Waals surface area contributed by atoms with E-state index in [0.717, 1.165) is 44.1 Å². The minimum absolute atomic E-state index is 0.0639. The second kappa shape index (κ2) is 8.46. The molecule has 2 atom stereocenters. The molecule has 1 aromatic carbocycles. The van der Waals surface area contributed by atoms with Crippen molar-refractivity contribution >= 4 is 29.1 Å². The highest BCUT2D eigenvalue weighted by molar-refractivity contribution is 6.22. The van der Waals surface area contributed by atoms with E-state index in [2.05, 4.69) is 10.5 Å². The zero-order valence-electron chi connectivity index (χ0n) is 16.0. The van der Waals surface area contributed by atoms with Crippen LogP contribution in [0.4, 0.5) is 5.69 Å². The number of amides is 3. The van der Waals surface area contributed by atoms with Gasteiger partial charge in [0.2, 0.25) is 17.7 Å². The summed E-state index contributed by atoms with van der Waals surface area (Å²) in [4.78, 5) is 38.3. The van der Waals surface area contributed by atoms with Crippen molar-refractivity contribution in [2.75, 3.05) is 4.90 Å². The maximum Gasteiger partial charge on any atom is 0.240 e. The molecule has 1 heterocycles. The Bertz CT molecular complexity index is 730. The highest BCUT2D eigenvalue weighted by Gasteiger charge is 2.48. The quantitative estimate of drug-likeness (QED) is 0.474. The molecule has 0 spiro atoms. The van der Waals surface area contributed by atoms with Crippen LogP contribution in [-0.2, 0) is 14.4 Å². The number of unbranched alkanes of at least 4 members (excludes halogenated alkanes) is 1. The number of nitrogens with one attached hydrogen (secondary N) is 1. The fraction of sp³-hybridized carbons (Fsp3) is 0.524. The predicted molar refractivity (Wildman–Crippen MR) is 104 cm³/mol. The Balaban J connectivity index is 1.69. The Morgan fingerprint density at radius 3 is 2.26 bits per heavy atom. The van der Waals surface area contributed by atoms with E-state index in [9.17, 15) is 14.4 Å². The summed E-state index contributed by atoms with van der Waals surface area (Å²) in [6.45, 7) is 3.85. The lowest BCUT2D eigenvalue weighted by Crippen LogP contribution is -2.30. The SMILES string of the molecule is CCCCC(=O)N/N=C(\C)c1ccc(N2C(=O)C3CCCCC3C2=O)cc1. The number of benzene rings is 1. The molecule has 0 bridgehead atoms. The molecule has 6 heteroatoms. The van der Waals surface area contributed by atoms with E-state index in [1.165, 1.54) is 4.90 Å². The van der Waals surface area contributed by atoms with Crippen molar-refractivity contribution in [2.45, 2.75) is 58.8 Å². The van der Waals surface area contributed by atoms with E-state index in [1.54, 1.807) is 12.1 Å². The number of nitrogens with zero attached hydrogens (tertiary/aromatic N) is 2. The van der Waals surface area contributed by atoms with Gasteiger partial charge in [-0.2, -0.15) is 5.10 Å². The van der Waals surface area contributed by atoms with Gasteiger partial charge in [-0.1, -0.05) is 38.3 Å². The van der Waals surface area contributed by atoms with E-state index in [4.69, 9.17) is 0 Å². The van der Waals surface area contributed by atoms with Crippen LogP contribution < -0.4 is 10.3 Å². The first-order chi connectivity index (χ1) is 13.0. The molecule has 1 aromatic rings. The number of hydrazone groups is 1. The number of hydrogen-bond acceptors (Lipinski definition) is 4. The van der Waals surface area contributed by atoms with E-state index < -0.39 is 0 Å². The van der Waals surface area contributed by atoms with Gasteiger partial charge in [-0.25, -0.2) is 5.43 Å². The summed E-state index contributed by atoms with van der Waals surface area (Å²) < 4.78 is 0. The topological polar surface area (TPSA) is 78.8 Å². The lowest BCUT2D eigenvalue weighted by atomic mass is 9.81. The van der Waals surface area contributed by atoms with Crippen LogP contribution in [0.3, 0.4) is 0 Å². The molecule has 2 fully saturated rings. The molecule has 1 saturated heterocycles. The number of anilines is 1. The maximum atomic E-state index is 12.7. The van der Waals surface area contributed by atoms with Crippen LogP contribution in [-0.4, -0.2) is 23.4 Å². The van der Waals surface area contributed by atoms with Crippen LogP contribution >= 0.6 is 0 Å². The number of carbonyl (C=O) groups excluding carboxylic acids is 3. The van der Waals surface area contributed by atoms with Crippen LogP contribution in [0, 0.1) is 11.8 Å². The second-order valence-corrected chi connectivity index (χ2v) is 7.39. The van der Waals surface area contributed by atoms with E-state index in [-0.39, 0.29) is 29.6 Å². The summed E-state index contributed by atoms with van der Waals surface area (Å²) in [6.07, 6.45) is 5.94. The zero-order chi connectivity index (χ0) is 19.4. The predicted octanol–water partition coefficient (Wildman–Crippen LogP) is 3.40. The molecule has 1 N–H and O–H groups in total. The average molecular weight is 369 g/mol. The summed E-state index contributed by atoms with van der Waals surface area (Å²) in [5.41, 5.74) is 4.70. The van der Waals surface area contributed by atoms with Gasteiger partial charge in [0.25, 0.3) is 0 Å². The van der Waals surface area contributed by atoms with Crippen molar-refractivity contribution < 1.29 is 14.4 Å². The number of imide groups is 1. The van der Waals surface area contributed by atoms with Crippen LogP contribution in [0.1, 0.15) is 64.4 Å². The Labute approximate surface area is 160 Å². The zero-order valence-corrected chi connectivity index (χ0v) is 16.0. The number of rotatable bonds is 6. The first-order valence-corrected chi connectivity index (χ1v) is 9.84. The maximum absolute atomic E-state index is 12.7. The number of hydrogen-bond donors (Lipinski definition) is 1. The van der Waals surface area contributed by atoms with Crippen molar-refractivity contribution in [3.8, 4) is 0 Å². The first kappa shape index (κ1) is 19.3. The third-order valence-electron chi connectivity index (χ3n) is 5.49. The van der Waals surface area contributed by atoms with Gasteiger partial charge in [0, 0.05) is 6.42 Å². The van der Waals surface area contributed by atoms with Crippen LogP contribution in [0.25, 0.3) is 0 Å². The Morgan fingerprint density at radius 2 is 1.70 bits per heavy atom. The molecule has 144 valence electrons. The molecule has 3 rings (SSSR count). The van der Waals surface area contributed by atoms with Crippen molar-refractivity contribution in [2.24, 2.45) is 16.9 Å². The molecule has 0 radical (unpaired) electrons. The van der Waals surface area contributed by atoms with E-state index in [1.807, 2.05) is 26.0 Å². The highest BCUT2D eigenvalue weighted by Crippen LogP contribution is 2.40. The lowest BCUT2D eigenvalue weighted by Gasteiger charge is -2.19. The summed E-state index contributed by atoms with van der Waals surface area (Å²) in [6, 6.07) is 7.21. The number of fused-ring (bicyclic) bond motifs is 1. The minimum atomic E-state index is -0.146. The van der Waals surface area contributed by atoms with Crippen LogP contribution in [0.15, 0.2) is 29.4 Å². The normalized spacial score (nSPS) is 22.7. The van der Waals surface area contributed by atoms with Gasteiger partial charge in [-0.15, -0.1) is 0 Å². The van der Waals surface area contributed by atoms with Gasteiger partial charge >= 0.3 is 0 Å². The summed E-state index contributed by atoms with van der Waals surface area (Å²) in [5.74, 6) is -0.513. The largest absolute Gasteiger partial charge is 0.274 e. The van der Waals surface area contributed by atoms with Gasteiger partial charge in [0.15, 0.2) is 0 Å². The van der Waals surface area contributed by atoms with E-state index >= 15 is 0 Å². The van der Waals surface area contributed by atoms with Gasteiger partial charge in [-0.05, 0) is 43.9 Å². The van der Waals surface area contributed by atoms with Gasteiger partial charge in [-0.3, -0.25) is 19.3 Å². The molecule has 2 aliphatic rings. The summed E-state index contributed by atoms with van der Waals surface area (Å²) in [7, 11) is 0. The Morgan fingerprint density at radius 1 is 1.11 bits per heavy atom. The lowest BCUT2D eigenvalue weighted by molar-refractivity contribution is -0.123. The fourth-order valence-corrected chi connectivity index (χ4v) is 3.87. The summed E-state index contributed by atoms with van der Waals surface area (Å²) >= 11 is 0. The highest BCUT2D eigenvalue weighted by atomic mass is 16.2. The van der Waals surface area contributed by atoms with Gasteiger partial charge in [0.1, 0.15) is 0 Å². The molecule has 0 aromatic heterocycles. The van der Waals surface area contributed by atoms with Gasteiger partial charge < -0.3 is 0 Å². The molecule has 3 amide bonds.